The molecule has 1 aliphatic heterocycles. The van der Waals surface area contributed by atoms with Gasteiger partial charge in [-0.25, -0.2) is 4.39 Å². The van der Waals surface area contributed by atoms with E-state index < -0.39 is 0 Å². The van der Waals surface area contributed by atoms with Crippen LogP contribution in [0.5, 0.6) is 0 Å². The van der Waals surface area contributed by atoms with Crippen LogP contribution < -0.4 is 10.6 Å². The van der Waals surface area contributed by atoms with Crippen molar-refractivity contribution in [1.29, 1.82) is 0 Å². The maximum Gasteiger partial charge on any atom is 0.146 e. The quantitative estimate of drug-likeness (QED) is 0.915. The van der Waals surface area contributed by atoms with Crippen LogP contribution in [-0.4, -0.2) is 19.6 Å². The summed E-state index contributed by atoms with van der Waals surface area (Å²) in [5.74, 6) is -0.0828. The van der Waals surface area contributed by atoms with Crippen LogP contribution in [0, 0.1) is 11.2 Å². The first kappa shape index (κ1) is 14.8. The summed E-state index contributed by atoms with van der Waals surface area (Å²) < 4.78 is 14.3. The fourth-order valence-corrected chi connectivity index (χ4v) is 4.15. The van der Waals surface area contributed by atoms with Crippen LogP contribution in [0.1, 0.15) is 50.5 Å². The minimum Gasteiger partial charge on any atom is -0.369 e. The van der Waals surface area contributed by atoms with E-state index in [0.717, 1.165) is 30.8 Å². The normalized spacial score (nSPS) is 21.7. The number of anilines is 1. The number of nitrogens with two attached hydrogens (primary N) is 1. The highest BCUT2D eigenvalue weighted by Crippen LogP contribution is 2.45. The molecule has 21 heavy (non-hydrogen) atoms. The first-order chi connectivity index (χ1) is 10.2. The predicted molar refractivity (Wildman–Crippen MR) is 86.1 cm³/mol. The molecule has 1 heterocycles. The lowest BCUT2D eigenvalue weighted by molar-refractivity contribution is 0.144. The Morgan fingerprint density at radius 3 is 2.38 bits per heavy atom. The van der Waals surface area contributed by atoms with E-state index in [0.29, 0.717) is 12.0 Å². The highest BCUT2D eigenvalue weighted by molar-refractivity contribution is 5.49. The first-order valence-electron chi connectivity index (χ1n) is 8.46. The average molecular weight is 290 g/mol. The van der Waals surface area contributed by atoms with Crippen molar-refractivity contribution in [3.63, 3.8) is 0 Å². The predicted octanol–water partition coefficient (Wildman–Crippen LogP) is 3.88. The SMILES string of the molecule is NCCc1ccc(N2CCC3(CCCCC3)CC2)c(F)c1. The van der Waals surface area contributed by atoms with Gasteiger partial charge in [0.25, 0.3) is 0 Å². The summed E-state index contributed by atoms with van der Waals surface area (Å²) in [6.45, 7) is 2.59. The van der Waals surface area contributed by atoms with Gasteiger partial charge in [0.1, 0.15) is 5.82 Å². The monoisotopic (exact) mass is 290 g/mol. The molecule has 1 spiro atoms. The molecule has 0 aromatic heterocycles. The minimum atomic E-state index is -0.0828. The summed E-state index contributed by atoms with van der Waals surface area (Å²) in [6.07, 6.45) is 10.2. The summed E-state index contributed by atoms with van der Waals surface area (Å²) in [6, 6.07) is 5.63. The van der Waals surface area contributed by atoms with E-state index in [4.69, 9.17) is 5.73 Å². The third kappa shape index (κ3) is 3.23. The smallest absolute Gasteiger partial charge is 0.146 e. The number of nitrogens with zero attached hydrogens (tertiary/aromatic N) is 1. The molecule has 2 fully saturated rings. The Morgan fingerprint density at radius 1 is 1.05 bits per heavy atom. The molecule has 1 saturated heterocycles. The Hall–Kier alpha value is -1.09. The number of rotatable bonds is 3. The third-order valence-electron chi connectivity index (χ3n) is 5.52. The van der Waals surface area contributed by atoms with Crippen molar-refractivity contribution in [1.82, 2.24) is 0 Å². The fraction of sp³-hybridized carbons (Fsp3) is 0.667. The van der Waals surface area contributed by atoms with Gasteiger partial charge in [0, 0.05) is 13.1 Å². The second-order valence-corrected chi connectivity index (χ2v) is 6.87. The lowest BCUT2D eigenvalue weighted by atomic mass is 9.68. The molecule has 116 valence electrons. The molecule has 2 N–H and O–H groups in total. The largest absolute Gasteiger partial charge is 0.369 e. The summed E-state index contributed by atoms with van der Waals surface area (Å²) >= 11 is 0. The van der Waals surface area contributed by atoms with Crippen molar-refractivity contribution in [2.45, 2.75) is 51.4 Å². The molecule has 0 unspecified atom stereocenters. The van der Waals surface area contributed by atoms with Crippen LogP contribution in [0.4, 0.5) is 10.1 Å². The summed E-state index contributed by atoms with van der Waals surface area (Å²) in [5, 5.41) is 0. The molecule has 2 aliphatic rings. The van der Waals surface area contributed by atoms with Crippen LogP contribution >= 0.6 is 0 Å². The lowest BCUT2D eigenvalue weighted by Gasteiger charge is -2.45. The Labute approximate surface area is 127 Å². The van der Waals surface area contributed by atoms with Crippen LogP contribution in [0.2, 0.25) is 0 Å². The van der Waals surface area contributed by atoms with E-state index in [2.05, 4.69) is 4.90 Å². The van der Waals surface area contributed by atoms with E-state index in [-0.39, 0.29) is 5.82 Å². The molecule has 0 bridgehead atoms. The zero-order chi connectivity index (χ0) is 14.7. The van der Waals surface area contributed by atoms with Gasteiger partial charge < -0.3 is 10.6 Å². The van der Waals surface area contributed by atoms with Gasteiger partial charge >= 0.3 is 0 Å². The fourth-order valence-electron chi connectivity index (χ4n) is 4.15. The Morgan fingerprint density at radius 2 is 1.76 bits per heavy atom. The molecule has 1 aliphatic carbocycles. The standard InChI is InChI=1S/C18H27FN2/c19-16-14-15(6-11-20)4-5-17(16)21-12-9-18(10-13-21)7-2-1-3-8-18/h4-5,14H,1-3,6-13,20H2. The maximum absolute atomic E-state index is 14.3. The third-order valence-corrected chi connectivity index (χ3v) is 5.52. The first-order valence-corrected chi connectivity index (χ1v) is 8.46. The zero-order valence-electron chi connectivity index (χ0n) is 12.9. The summed E-state index contributed by atoms with van der Waals surface area (Å²) in [7, 11) is 0. The highest BCUT2D eigenvalue weighted by atomic mass is 19.1. The molecule has 1 aromatic rings. The molecule has 2 nitrogen and oxygen atoms in total. The van der Waals surface area contributed by atoms with E-state index in [9.17, 15) is 4.39 Å². The van der Waals surface area contributed by atoms with Gasteiger partial charge in [-0.3, -0.25) is 0 Å². The average Bonchev–Trinajstić information content (AvgIpc) is 2.50. The van der Waals surface area contributed by atoms with Gasteiger partial charge in [-0.1, -0.05) is 25.3 Å². The van der Waals surface area contributed by atoms with Gasteiger partial charge in [0.15, 0.2) is 0 Å². The lowest BCUT2D eigenvalue weighted by Crippen LogP contribution is -2.41. The summed E-state index contributed by atoms with van der Waals surface area (Å²) in [4.78, 5) is 2.24. The summed E-state index contributed by atoms with van der Waals surface area (Å²) in [5.41, 5.74) is 7.89. The van der Waals surface area contributed by atoms with Crippen LogP contribution in [0.3, 0.4) is 0 Å². The van der Waals surface area contributed by atoms with Gasteiger partial charge in [0.05, 0.1) is 5.69 Å². The van der Waals surface area contributed by atoms with Crippen molar-refractivity contribution in [2.24, 2.45) is 11.1 Å². The van der Waals surface area contributed by atoms with Gasteiger partial charge in [-0.05, 0) is 61.8 Å². The topological polar surface area (TPSA) is 29.3 Å². The van der Waals surface area contributed by atoms with Crippen LogP contribution in [0.15, 0.2) is 18.2 Å². The van der Waals surface area contributed by atoms with Crippen LogP contribution in [0.25, 0.3) is 0 Å². The molecule has 1 aromatic carbocycles. The second-order valence-electron chi connectivity index (χ2n) is 6.87. The van der Waals surface area contributed by atoms with Crippen molar-refractivity contribution >= 4 is 5.69 Å². The van der Waals surface area contributed by atoms with Crippen molar-refractivity contribution in [3.8, 4) is 0 Å². The Balaban J connectivity index is 1.66. The van der Waals surface area contributed by atoms with E-state index >= 15 is 0 Å². The number of halogens is 1. The minimum absolute atomic E-state index is 0.0828. The number of benzene rings is 1. The molecule has 0 amide bonds. The van der Waals surface area contributed by atoms with Gasteiger partial charge in [-0.15, -0.1) is 0 Å². The molecule has 3 heteroatoms. The second kappa shape index (κ2) is 6.35. The Kier molecular flexibility index (Phi) is 4.48. The van der Waals surface area contributed by atoms with E-state index in [1.165, 1.54) is 44.9 Å². The molecule has 0 atom stereocenters. The Bertz CT molecular complexity index is 470. The number of hydrogen-bond donors (Lipinski definition) is 1. The number of piperidine rings is 1. The number of hydrogen-bond acceptors (Lipinski definition) is 2. The van der Waals surface area contributed by atoms with E-state index in [1.54, 1.807) is 6.07 Å². The van der Waals surface area contributed by atoms with Crippen molar-refractivity contribution < 1.29 is 4.39 Å². The molecule has 0 radical (unpaired) electrons. The molecular formula is C18H27FN2. The molecular weight excluding hydrogens is 263 g/mol. The van der Waals surface area contributed by atoms with Crippen molar-refractivity contribution in [2.75, 3.05) is 24.5 Å². The highest BCUT2D eigenvalue weighted by Gasteiger charge is 2.35. The van der Waals surface area contributed by atoms with Crippen molar-refractivity contribution in [3.05, 3.63) is 29.6 Å². The zero-order valence-corrected chi connectivity index (χ0v) is 12.9. The maximum atomic E-state index is 14.3. The van der Waals surface area contributed by atoms with Gasteiger partial charge in [-0.2, -0.15) is 0 Å². The van der Waals surface area contributed by atoms with E-state index in [1.807, 2.05) is 12.1 Å². The molecule has 1 saturated carbocycles. The molecule has 3 rings (SSSR count). The van der Waals surface area contributed by atoms with Gasteiger partial charge in [0.2, 0.25) is 0 Å². The van der Waals surface area contributed by atoms with Crippen LogP contribution in [-0.2, 0) is 6.42 Å².